The van der Waals surface area contributed by atoms with Crippen LogP contribution in [0.15, 0.2) is 41.3 Å². The van der Waals surface area contributed by atoms with E-state index in [1.54, 1.807) is 4.90 Å². The zero-order valence-electron chi connectivity index (χ0n) is 14.7. The SMILES string of the molecule is O=C([C@@H]1CC=CCC1)N1CCN(S(=O)(=O)c2ccccc2C(F)(F)F)CC1. The number of carbonyl (C=O) groups excluding carboxylic acids is 1. The topological polar surface area (TPSA) is 57.7 Å². The number of piperazine rings is 1. The van der Waals surface area contributed by atoms with Crippen molar-refractivity contribution in [3.8, 4) is 0 Å². The van der Waals surface area contributed by atoms with Crippen molar-refractivity contribution in [3.05, 3.63) is 42.0 Å². The second kappa shape index (κ2) is 7.63. The highest BCUT2D eigenvalue weighted by atomic mass is 32.2. The van der Waals surface area contributed by atoms with Crippen LogP contribution in [0.2, 0.25) is 0 Å². The van der Waals surface area contributed by atoms with Crippen molar-refractivity contribution in [2.75, 3.05) is 26.2 Å². The highest BCUT2D eigenvalue weighted by Crippen LogP contribution is 2.35. The smallest absolute Gasteiger partial charge is 0.340 e. The maximum absolute atomic E-state index is 13.2. The van der Waals surface area contributed by atoms with Gasteiger partial charge in [-0.15, -0.1) is 0 Å². The van der Waals surface area contributed by atoms with Crippen molar-refractivity contribution in [1.82, 2.24) is 9.21 Å². The average Bonchev–Trinajstić information content (AvgIpc) is 2.67. The molecule has 0 radical (unpaired) electrons. The molecule has 1 amide bonds. The van der Waals surface area contributed by atoms with Gasteiger partial charge in [-0.3, -0.25) is 4.79 Å². The summed E-state index contributed by atoms with van der Waals surface area (Å²) < 4.78 is 66.1. The molecule has 1 aromatic rings. The molecule has 148 valence electrons. The van der Waals surface area contributed by atoms with Gasteiger partial charge in [-0.05, 0) is 31.4 Å². The third kappa shape index (κ3) is 4.19. The van der Waals surface area contributed by atoms with Crippen LogP contribution in [0.4, 0.5) is 13.2 Å². The molecule has 2 aliphatic rings. The molecule has 5 nitrogen and oxygen atoms in total. The normalized spacial score (nSPS) is 22.0. The van der Waals surface area contributed by atoms with Crippen molar-refractivity contribution in [2.45, 2.75) is 30.3 Å². The first-order valence-electron chi connectivity index (χ1n) is 8.81. The molecule has 1 atom stereocenters. The number of amides is 1. The molecule has 1 fully saturated rings. The fourth-order valence-electron chi connectivity index (χ4n) is 3.49. The molecular formula is C18H21F3N2O3S. The highest BCUT2D eigenvalue weighted by molar-refractivity contribution is 7.89. The monoisotopic (exact) mass is 402 g/mol. The van der Waals surface area contributed by atoms with E-state index in [0.29, 0.717) is 6.42 Å². The van der Waals surface area contributed by atoms with E-state index >= 15 is 0 Å². The lowest BCUT2D eigenvalue weighted by atomic mass is 9.93. The van der Waals surface area contributed by atoms with Gasteiger partial charge in [0, 0.05) is 32.1 Å². The van der Waals surface area contributed by atoms with E-state index in [1.165, 1.54) is 6.07 Å². The van der Waals surface area contributed by atoms with Gasteiger partial charge >= 0.3 is 6.18 Å². The van der Waals surface area contributed by atoms with Crippen LogP contribution < -0.4 is 0 Å². The van der Waals surface area contributed by atoms with Crippen molar-refractivity contribution in [3.63, 3.8) is 0 Å². The Morgan fingerprint density at radius 1 is 1.04 bits per heavy atom. The van der Waals surface area contributed by atoms with Crippen LogP contribution in [0.25, 0.3) is 0 Å². The lowest BCUT2D eigenvalue weighted by Gasteiger charge is -2.36. The van der Waals surface area contributed by atoms with E-state index in [4.69, 9.17) is 0 Å². The fraction of sp³-hybridized carbons (Fsp3) is 0.500. The van der Waals surface area contributed by atoms with Crippen LogP contribution >= 0.6 is 0 Å². The van der Waals surface area contributed by atoms with E-state index in [0.717, 1.165) is 35.3 Å². The fourth-order valence-corrected chi connectivity index (χ4v) is 5.12. The van der Waals surface area contributed by atoms with Gasteiger partial charge in [0.2, 0.25) is 15.9 Å². The molecule has 0 saturated carbocycles. The predicted molar refractivity (Wildman–Crippen MR) is 93.3 cm³/mol. The maximum Gasteiger partial charge on any atom is 0.417 e. The number of hydrogen-bond acceptors (Lipinski definition) is 3. The van der Waals surface area contributed by atoms with Crippen LogP contribution in [-0.4, -0.2) is 49.7 Å². The molecule has 0 N–H and O–H groups in total. The third-order valence-corrected chi connectivity index (χ3v) is 6.94. The number of rotatable bonds is 3. The largest absolute Gasteiger partial charge is 0.417 e. The van der Waals surface area contributed by atoms with Crippen molar-refractivity contribution in [2.24, 2.45) is 5.92 Å². The van der Waals surface area contributed by atoms with Gasteiger partial charge in [0.05, 0.1) is 10.5 Å². The molecule has 0 unspecified atom stereocenters. The molecule has 3 rings (SSSR count). The summed E-state index contributed by atoms with van der Waals surface area (Å²) in [5.74, 6) is -0.101. The Kier molecular flexibility index (Phi) is 5.62. The maximum atomic E-state index is 13.2. The van der Waals surface area contributed by atoms with E-state index in [-0.39, 0.29) is 38.0 Å². The number of benzene rings is 1. The highest BCUT2D eigenvalue weighted by Gasteiger charge is 2.40. The van der Waals surface area contributed by atoms with Crippen LogP contribution in [0.1, 0.15) is 24.8 Å². The first-order valence-corrected chi connectivity index (χ1v) is 10.3. The summed E-state index contributed by atoms with van der Waals surface area (Å²) in [6.07, 6.45) is 1.55. The van der Waals surface area contributed by atoms with Gasteiger partial charge < -0.3 is 4.90 Å². The third-order valence-electron chi connectivity index (χ3n) is 4.98. The second-order valence-electron chi connectivity index (χ2n) is 6.70. The number of sulfonamides is 1. The Hall–Kier alpha value is -1.87. The average molecular weight is 402 g/mol. The summed E-state index contributed by atoms with van der Waals surface area (Å²) >= 11 is 0. The Balaban J connectivity index is 1.72. The molecule has 1 saturated heterocycles. The number of hydrogen-bond donors (Lipinski definition) is 0. The van der Waals surface area contributed by atoms with E-state index < -0.39 is 26.7 Å². The second-order valence-corrected chi connectivity index (χ2v) is 8.61. The Labute approximate surface area is 156 Å². The molecule has 1 aliphatic heterocycles. The van der Waals surface area contributed by atoms with E-state index in [1.807, 2.05) is 12.2 Å². The zero-order valence-corrected chi connectivity index (χ0v) is 15.5. The quantitative estimate of drug-likeness (QED) is 0.731. The van der Waals surface area contributed by atoms with Crippen LogP contribution in [0.3, 0.4) is 0 Å². The lowest BCUT2D eigenvalue weighted by molar-refractivity contribution is -0.140. The van der Waals surface area contributed by atoms with Gasteiger partial charge in [0.1, 0.15) is 0 Å². The molecule has 1 aliphatic carbocycles. The van der Waals surface area contributed by atoms with E-state index in [2.05, 4.69) is 0 Å². The molecule has 1 aromatic carbocycles. The molecule has 9 heteroatoms. The van der Waals surface area contributed by atoms with Crippen LogP contribution in [0.5, 0.6) is 0 Å². The summed E-state index contributed by atoms with van der Waals surface area (Å²) in [4.78, 5) is 13.4. The van der Waals surface area contributed by atoms with Gasteiger partial charge in [0.25, 0.3) is 0 Å². The lowest BCUT2D eigenvalue weighted by Crippen LogP contribution is -2.52. The zero-order chi connectivity index (χ0) is 19.7. The number of carbonyl (C=O) groups is 1. The van der Waals surface area contributed by atoms with Crippen LogP contribution in [0, 0.1) is 5.92 Å². The molecule has 0 spiro atoms. The van der Waals surface area contributed by atoms with Crippen LogP contribution in [-0.2, 0) is 21.0 Å². The molecular weight excluding hydrogens is 381 g/mol. The van der Waals surface area contributed by atoms with E-state index in [9.17, 15) is 26.4 Å². The summed E-state index contributed by atoms with van der Waals surface area (Å²) in [6.45, 7) is 0.352. The number of allylic oxidation sites excluding steroid dienone is 2. The molecule has 27 heavy (non-hydrogen) atoms. The Bertz CT molecular complexity index is 828. The van der Waals surface area contributed by atoms with Gasteiger partial charge in [-0.1, -0.05) is 24.3 Å². The number of halogens is 3. The standard InChI is InChI=1S/C18H21F3N2O3S/c19-18(20,21)15-8-4-5-9-16(15)27(25,26)23-12-10-22(11-13-23)17(24)14-6-2-1-3-7-14/h1-2,4-5,8-9,14H,3,6-7,10-13H2/t14-/m1/s1. The van der Waals surface area contributed by atoms with Gasteiger partial charge in [0.15, 0.2) is 0 Å². The van der Waals surface area contributed by atoms with Crippen molar-refractivity contribution in [1.29, 1.82) is 0 Å². The predicted octanol–water partition coefficient (Wildman–Crippen LogP) is 2.89. The number of nitrogens with zero attached hydrogens (tertiary/aromatic N) is 2. The Morgan fingerprint density at radius 2 is 1.70 bits per heavy atom. The minimum absolute atomic E-state index is 0.00732. The first kappa shape index (κ1) is 19.9. The van der Waals surface area contributed by atoms with Gasteiger partial charge in [-0.25, -0.2) is 8.42 Å². The summed E-state index contributed by atoms with van der Waals surface area (Å²) in [5, 5.41) is 0. The van der Waals surface area contributed by atoms with Gasteiger partial charge in [-0.2, -0.15) is 17.5 Å². The number of alkyl halides is 3. The molecule has 1 heterocycles. The minimum atomic E-state index is -4.75. The summed E-state index contributed by atoms with van der Waals surface area (Å²) in [5.41, 5.74) is -1.17. The van der Waals surface area contributed by atoms with Crippen molar-refractivity contribution >= 4 is 15.9 Å². The summed E-state index contributed by atoms with van der Waals surface area (Å²) in [7, 11) is -4.29. The molecule has 0 bridgehead atoms. The van der Waals surface area contributed by atoms with Crippen molar-refractivity contribution < 1.29 is 26.4 Å². The Morgan fingerprint density at radius 3 is 2.30 bits per heavy atom. The summed E-state index contributed by atoms with van der Waals surface area (Å²) in [6, 6.07) is 4.18. The minimum Gasteiger partial charge on any atom is -0.340 e. The molecule has 0 aromatic heterocycles. The first-order chi connectivity index (χ1) is 12.7.